The Morgan fingerprint density at radius 3 is 2.69 bits per heavy atom. The second-order valence-corrected chi connectivity index (χ2v) is 7.72. The Hall–Kier alpha value is -4.72. The quantitative estimate of drug-likeness (QED) is 0.328. The topological polar surface area (TPSA) is 91.2 Å². The van der Waals surface area contributed by atoms with Gasteiger partial charge in [-0.15, -0.1) is 0 Å². The van der Waals surface area contributed by atoms with E-state index in [1.165, 1.54) is 0 Å². The maximum Gasteiger partial charge on any atom is 0.251 e. The second-order valence-electron chi connectivity index (χ2n) is 7.72. The molecule has 0 aliphatic heterocycles. The van der Waals surface area contributed by atoms with E-state index in [0.29, 0.717) is 31.2 Å². The Labute approximate surface area is 202 Å². The molecule has 5 aromatic rings. The summed E-state index contributed by atoms with van der Waals surface area (Å²) < 4.78 is 13.4. The number of ether oxygens (including phenoxy) is 2. The SMILES string of the molecule is O=C(NCc1cccnc1)c1ccc2c(c1)ncn2-c1cccc(OCCOc2ccccn2)c1. The summed E-state index contributed by atoms with van der Waals surface area (Å²) in [5, 5.41) is 2.92. The summed E-state index contributed by atoms with van der Waals surface area (Å²) in [5.74, 6) is 1.13. The highest BCUT2D eigenvalue weighted by molar-refractivity contribution is 5.97. The van der Waals surface area contributed by atoms with Gasteiger partial charge < -0.3 is 14.8 Å². The molecule has 5 rings (SSSR count). The van der Waals surface area contributed by atoms with Gasteiger partial charge in [-0.3, -0.25) is 14.3 Å². The number of benzene rings is 2. The highest BCUT2D eigenvalue weighted by Gasteiger charge is 2.11. The molecule has 3 aromatic heterocycles. The summed E-state index contributed by atoms with van der Waals surface area (Å²) in [5.41, 5.74) is 4.02. The van der Waals surface area contributed by atoms with Crippen molar-refractivity contribution in [2.24, 2.45) is 0 Å². The van der Waals surface area contributed by atoms with Crippen molar-refractivity contribution in [3.8, 4) is 17.3 Å². The lowest BCUT2D eigenvalue weighted by Crippen LogP contribution is -2.22. The van der Waals surface area contributed by atoms with Crippen LogP contribution in [0.25, 0.3) is 16.7 Å². The highest BCUT2D eigenvalue weighted by atomic mass is 16.5. The molecule has 1 amide bonds. The number of carbonyl (C=O) groups excluding carboxylic acids is 1. The monoisotopic (exact) mass is 465 g/mol. The van der Waals surface area contributed by atoms with Crippen molar-refractivity contribution in [3.05, 3.63) is 109 Å². The van der Waals surface area contributed by atoms with E-state index in [2.05, 4.69) is 20.3 Å². The molecule has 0 fully saturated rings. The van der Waals surface area contributed by atoms with Gasteiger partial charge in [0.1, 0.15) is 25.3 Å². The van der Waals surface area contributed by atoms with Crippen LogP contribution in [0.2, 0.25) is 0 Å². The highest BCUT2D eigenvalue weighted by Crippen LogP contribution is 2.23. The number of pyridine rings is 2. The van der Waals surface area contributed by atoms with E-state index in [4.69, 9.17) is 9.47 Å². The van der Waals surface area contributed by atoms with Gasteiger partial charge in [0.05, 0.1) is 16.7 Å². The van der Waals surface area contributed by atoms with Crippen molar-refractivity contribution in [3.63, 3.8) is 0 Å². The zero-order valence-electron chi connectivity index (χ0n) is 18.9. The first-order chi connectivity index (χ1) is 17.3. The number of fused-ring (bicyclic) bond motifs is 1. The van der Waals surface area contributed by atoms with E-state index in [9.17, 15) is 4.79 Å². The van der Waals surface area contributed by atoms with Gasteiger partial charge in [0.2, 0.25) is 5.88 Å². The molecule has 0 unspecified atom stereocenters. The van der Waals surface area contributed by atoms with Gasteiger partial charge in [0.25, 0.3) is 5.91 Å². The minimum Gasteiger partial charge on any atom is -0.490 e. The van der Waals surface area contributed by atoms with Crippen LogP contribution in [0.5, 0.6) is 11.6 Å². The number of amides is 1. The molecule has 0 aliphatic rings. The first kappa shape index (κ1) is 22.1. The summed E-state index contributed by atoms with van der Waals surface area (Å²) in [4.78, 5) is 25.3. The van der Waals surface area contributed by atoms with E-state index in [0.717, 1.165) is 28.0 Å². The van der Waals surface area contributed by atoms with Crippen molar-refractivity contribution in [1.82, 2.24) is 24.8 Å². The fourth-order valence-electron chi connectivity index (χ4n) is 3.61. The Bertz CT molecular complexity index is 1420. The molecule has 0 bridgehead atoms. The number of nitrogens with one attached hydrogen (secondary N) is 1. The number of nitrogens with zero attached hydrogens (tertiary/aromatic N) is 4. The van der Waals surface area contributed by atoms with Gasteiger partial charge in [0.15, 0.2) is 0 Å². The van der Waals surface area contributed by atoms with Gasteiger partial charge >= 0.3 is 0 Å². The number of carbonyl (C=O) groups is 1. The number of hydrogen-bond acceptors (Lipinski definition) is 6. The number of rotatable bonds is 9. The summed E-state index contributed by atoms with van der Waals surface area (Å²) in [6.45, 7) is 1.20. The van der Waals surface area contributed by atoms with Crippen molar-refractivity contribution in [2.75, 3.05) is 13.2 Å². The second kappa shape index (κ2) is 10.5. The van der Waals surface area contributed by atoms with Crippen LogP contribution in [0.4, 0.5) is 0 Å². The van der Waals surface area contributed by atoms with E-state index in [1.54, 1.807) is 43.1 Å². The maximum absolute atomic E-state index is 12.6. The molecule has 8 nitrogen and oxygen atoms in total. The third-order valence-electron chi connectivity index (χ3n) is 5.32. The Morgan fingerprint density at radius 2 is 1.83 bits per heavy atom. The minimum absolute atomic E-state index is 0.159. The summed E-state index contributed by atoms with van der Waals surface area (Å²) >= 11 is 0. The van der Waals surface area contributed by atoms with Crippen LogP contribution in [0.3, 0.4) is 0 Å². The first-order valence-corrected chi connectivity index (χ1v) is 11.2. The van der Waals surface area contributed by atoms with Crippen molar-refractivity contribution in [1.29, 1.82) is 0 Å². The lowest BCUT2D eigenvalue weighted by molar-refractivity contribution is 0.0951. The van der Waals surface area contributed by atoms with Crippen molar-refractivity contribution < 1.29 is 14.3 Å². The van der Waals surface area contributed by atoms with Crippen molar-refractivity contribution >= 4 is 16.9 Å². The minimum atomic E-state index is -0.159. The molecule has 8 heteroatoms. The fourth-order valence-corrected chi connectivity index (χ4v) is 3.61. The van der Waals surface area contributed by atoms with Crippen LogP contribution >= 0.6 is 0 Å². The van der Waals surface area contributed by atoms with Crippen molar-refractivity contribution in [2.45, 2.75) is 6.54 Å². The standard InChI is InChI=1S/C27H23N5O3/c33-27(30-18-20-5-4-11-28-17-20)21-9-10-25-24(15-21)31-19-32(25)22-6-3-7-23(16-22)34-13-14-35-26-8-1-2-12-29-26/h1-12,15-17,19H,13-14,18H2,(H,30,33). The van der Waals surface area contributed by atoms with Gasteiger partial charge in [-0.25, -0.2) is 9.97 Å². The maximum atomic E-state index is 12.6. The van der Waals surface area contributed by atoms with E-state index < -0.39 is 0 Å². The normalized spacial score (nSPS) is 10.7. The molecule has 1 N–H and O–H groups in total. The predicted octanol–water partition coefficient (Wildman–Crippen LogP) is 4.20. The number of imidazole rings is 1. The molecule has 2 aromatic carbocycles. The van der Waals surface area contributed by atoms with Crippen LogP contribution in [0.15, 0.2) is 97.7 Å². The molecular weight excluding hydrogens is 442 g/mol. The fraction of sp³-hybridized carbons (Fsp3) is 0.111. The lowest BCUT2D eigenvalue weighted by Gasteiger charge is -2.10. The number of hydrogen-bond donors (Lipinski definition) is 1. The lowest BCUT2D eigenvalue weighted by atomic mass is 10.1. The molecule has 35 heavy (non-hydrogen) atoms. The zero-order valence-corrected chi connectivity index (χ0v) is 18.9. The molecule has 0 saturated carbocycles. The third kappa shape index (κ3) is 5.44. The molecule has 0 saturated heterocycles. The largest absolute Gasteiger partial charge is 0.490 e. The van der Waals surface area contributed by atoms with Crippen LogP contribution in [-0.4, -0.2) is 38.6 Å². The smallest absolute Gasteiger partial charge is 0.251 e. The van der Waals surface area contributed by atoms with Gasteiger partial charge in [-0.1, -0.05) is 18.2 Å². The third-order valence-corrected chi connectivity index (χ3v) is 5.32. The Balaban J connectivity index is 1.24. The van der Waals surface area contributed by atoms with E-state index >= 15 is 0 Å². The summed E-state index contributed by atoms with van der Waals surface area (Å²) in [7, 11) is 0. The summed E-state index contributed by atoms with van der Waals surface area (Å²) in [6, 6.07) is 22.5. The molecular formula is C27H23N5O3. The molecule has 0 radical (unpaired) electrons. The Morgan fingerprint density at radius 1 is 0.886 bits per heavy atom. The molecule has 3 heterocycles. The predicted molar refractivity (Wildman–Crippen MR) is 132 cm³/mol. The van der Waals surface area contributed by atoms with Gasteiger partial charge in [-0.2, -0.15) is 0 Å². The van der Waals surface area contributed by atoms with E-state index in [-0.39, 0.29) is 5.91 Å². The number of aromatic nitrogens is 4. The molecule has 0 atom stereocenters. The first-order valence-electron chi connectivity index (χ1n) is 11.2. The van der Waals surface area contributed by atoms with Crippen LogP contribution in [0, 0.1) is 0 Å². The summed E-state index contributed by atoms with van der Waals surface area (Å²) in [6.07, 6.45) is 6.87. The molecule has 174 valence electrons. The average molecular weight is 466 g/mol. The Kier molecular flexibility index (Phi) is 6.61. The van der Waals surface area contributed by atoms with Crippen LogP contribution in [0.1, 0.15) is 15.9 Å². The average Bonchev–Trinajstić information content (AvgIpc) is 3.34. The molecule has 0 aliphatic carbocycles. The van der Waals surface area contributed by atoms with E-state index in [1.807, 2.05) is 59.2 Å². The van der Waals surface area contributed by atoms with Gasteiger partial charge in [0, 0.05) is 42.8 Å². The van der Waals surface area contributed by atoms with Gasteiger partial charge in [-0.05, 0) is 48.0 Å². The zero-order chi connectivity index (χ0) is 23.9. The molecule has 0 spiro atoms. The van der Waals surface area contributed by atoms with Crippen LogP contribution in [-0.2, 0) is 6.54 Å². The van der Waals surface area contributed by atoms with Crippen LogP contribution < -0.4 is 14.8 Å².